The summed E-state index contributed by atoms with van der Waals surface area (Å²) in [4.78, 5) is 0. The monoisotopic (exact) mass is 143 g/mol. The molecule has 0 heterocycles. The van der Waals surface area contributed by atoms with Crippen molar-refractivity contribution in [3.05, 3.63) is 0 Å². The lowest BCUT2D eigenvalue weighted by atomic mass is 9.92. The van der Waals surface area contributed by atoms with E-state index in [2.05, 4.69) is 20.8 Å². The first-order chi connectivity index (χ1) is 4.72. The van der Waals surface area contributed by atoms with Crippen molar-refractivity contribution in [2.24, 2.45) is 11.7 Å². The van der Waals surface area contributed by atoms with Crippen molar-refractivity contribution in [3.63, 3.8) is 0 Å². The van der Waals surface area contributed by atoms with Crippen LogP contribution in [0.1, 0.15) is 46.5 Å². The van der Waals surface area contributed by atoms with Gasteiger partial charge in [-0.2, -0.15) is 0 Å². The van der Waals surface area contributed by atoms with Crippen LogP contribution in [0.3, 0.4) is 0 Å². The van der Waals surface area contributed by atoms with Gasteiger partial charge in [0.05, 0.1) is 0 Å². The van der Waals surface area contributed by atoms with Gasteiger partial charge in [0.1, 0.15) is 0 Å². The van der Waals surface area contributed by atoms with Crippen LogP contribution in [0.5, 0.6) is 0 Å². The van der Waals surface area contributed by atoms with E-state index in [-0.39, 0.29) is 0 Å². The molecule has 0 radical (unpaired) electrons. The van der Waals surface area contributed by atoms with E-state index in [9.17, 15) is 0 Å². The molecule has 0 aromatic rings. The first-order valence-electron chi connectivity index (χ1n) is 4.47. The van der Waals surface area contributed by atoms with E-state index < -0.39 is 0 Å². The summed E-state index contributed by atoms with van der Waals surface area (Å²) in [5.74, 6) is 0.759. The van der Waals surface area contributed by atoms with Gasteiger partial charge < -0.3 is 5.73 Å². The Morgan fingerprint density at radius 1 is 1.10 bits per heavy atom. The highest BCUT2D eigenvalue weighted by molar-refractivity contribution is 4.67. The molecule has 0 bridgehead atoms. The Kier molecular flexibility index (Phi) is 5.70. The fourth-order valence-electron chi connectivity index (χ4n) is 1.41. The van der Waals surface area contributed by atoms with E-state index in [1.807, 2.05) is 0 Å². The Morgan fingerprint density at radius 3 is 1.70 bits per heavy atom. The van der Waals surface area contributed by atoms with E-state index in [1.165, 1.54) is 25.7 Å². The maximum atomic E-state index is 5.81. The lowest BCUT2D eigenvalue weighted by molar-refractivity contribution is 0.379. The van der Waals surface area contributed by atoms with Crippen LogP contribution in [0.15, 0.2) is 0 Å². The molecule has 0 saturated carbocycles. The normalized spacial score (nSPS) is 14.1. The molecule has 0 aliphatic carbocycles. The zero-order valence-electron chi connectivity index (χ0n) is 7.56. The molecule has 0 aromatic heterocycles. The molecule has 2 N–H and O–H groups in total. The average Bonchev–Trinajstić information content (AvgIpc) is 1.87. The van der Waals surface area contributed by atoms with Crippen LogP contribution in [0.4, 0.5) is 0 Å². The number of nitrogens with two attached hydrogens (primary N) is 1. The quantitative estimate of drug-likeness (QED) is 0.629. The zero-order valence-corrected chi connectivity index (χ0v) is 7.56. The SMILES string of the molecule is CCCC(CCC)C(C)N. The molecule has 1 unspecified atom stereocenters. The third kappa shape index (κ3) is 3.89. The van der Waals surface area contributed by atoms with E-state index >= 15 is 0 Å². The van der Waals surface area contributed by atoms with Gasteiger partial charge in [-0.1, -0.05) is 26.7 Å². The molecule has 10 heavy (non-hydrogen) atoms. The van der Waals surface area contributed by atoms with E-state index in [0.717, 1.165) is 5.92 Å². The standard InChI is InChI=1S/C9H21N/c1-4-6-9(7-5-2)8(3)10/h8-9H,4-7,10H2,1-3H3. The van der Waals surface area contributed by atoms with Crippen molar-refractivity contribution in [2.75, 3.05) is 0 Å². The van der Waals surface area contributed by atoms with Gasteiger partial charge in [0.25, 0.3) is 0 Å². The zero-order chi connectivity index (χ0) is 7.98. The predicted molar refractivity (Wildman–Crippen MR) is 47.0 cm³/mol. The van der Waals surface area contributed by atoms with Gasteiger partial charge in [-0.05, 0) is 25.7 Å². The van der Waals surface area contributed by atoms with Gasteiger partial charge in [0.2, 0.25) is 0 Å². The summed E-state index contributed by atoms with van der Waals surface area (Å²) < 4.78 is 0. The second-order valence-electron chi connectivity index (χ2n) is 3.20. The molecule has 0 aliphatic rings. The number of hydrogen-bond donors (Lipinski definition) is 1. The maximum Gasteiger partial charge on any atom is 0.00387 e. The molecule has 1 atom stereocenters. The third-order valence-electron chi connectivity index (χ3n) is 2.06. The van der Waals surface area contributed by atoms with Crippen molar-refractivity contribution in [1.82, 2.24) is 0 Å². The maximum absolute atomic E-state index is 5.81. The Hall–Kier alpha value is -0.0400. The Bertz CT molecular complexity index is 63.1. The van der Waals surface area contributed by atoms with Gasteiger partial charge in [0, 0.05) is 6.04 Å². The minimum Gasteiger partial charge on any atom is -0.328 e. The molecule has 0 aliphatic heterocycles. The summed E-state index contributed by atoms with van der Waals surface area (Å²) in [7, 11) is 0. The van der Waals surface area contributed by atoms with Crippen molar-refractivity contribution < 1.29 is 0 Å². The third-order valence-corrected chi connectivity index (χ3v) is 2.06. The van der Waals surface area contributed by atoms with Crippen LogP contribution in [0, 0.1) is 5.92 Å². The highest BCUT2D eigenvalue weighted by atomic mass is 14.6. The molecule has 1 heteroatoms. The van der Waals surface area contributed by atoms with E-state index in [0.29, 0.717) is 6.04 Å². The van der Waals surface area contributed by atoms with Crippen LogP contribution in [-0.4, -0.2) is 6.04 Å². The van der Waals surface area contributed by atoms with Gasteiger partial charge >= 0.3 is 0 Å². The van der Waals surface area contributed by atoms with E-state index in [4.69, 9.17) is 5.73 Å². The molecule has 0 aromatic carbocycles. The second kappa shape index (κ2) is 5.72. The van der Waals surface area contributed by atoms with Crippen molar-refractivity contribution in [2.45, 2.75) is 52.5 Å². The van der Waals surface area contributed by atoms with E-state index in [1.54, 1.807) is 0 Å². The minimum absolute atomic E-state index is 0.389. The molecule has 0 amide bonds. The molecule has 0 rings (SSSR count). The van der Waals surface area contributed by atoms with Gasteiger partial charge in [-0.15, -0.1) is 0 Å². The highest BCUT2D eigenvalue weighted by Gasteiger charge is 2.10. The molecule has 0 spiro atoms. The topological polar surface area (TPSA) is 26.0 Å². The average molecular weight is 143 g/mol. The van der Waals surface area contributed by atoms with Crippen molar-refractivity contribution >= 4 is 0 Å². The molecule has 1 nitrogen and oxygen atoms in total. The predicted octanol–water partition coefficient (Wildman–Crippen LogP) is 2.55. The Morgan fingerprint density at radius 2 is 1.50 bits per heavy atom. The van der Waals surface area contributed by atoms with Gasteiger partial charge in [0.15, 0.2) is 0 Å². The lowest BCUT2D eigenvalue weighted by Crippen LogP contribution is -2.26. The summed E-state index contributed by atoms with van der Waals surface area (Å²) >= 11 is 0. The first kappa shape index (κ1) is 9.96. The number of rotatable bonds is 5. The minimum atomic E-state index is 0.389. The molecule has 0 fully saturated rings. The van der Waals surface area contributed by atoms with Crippen LogP contribution in [0.25, 0.3) is 0 Å². The van der Waals surface area contributed by atoms with Crippen LogP contribution < -0.4 is 5.73 Å². The summed E-state index contributed by atoms with van der Waals surface area (Å²) in [6.07, 6.45) is 5.13. The first-order valence-corrected chi connectivity index (χ1v) is 4.47. The summed E-state index contributed by atoms with van der Waals surface area (Å²) in [5.41, 5.74) is 5.81. The molecular weight excluding hydrogens is 122 g/mol. The van der Waals surface area contributed by atoms with Gasteiger partial charge in [-0.25, -0.2) is 0 Å². The highest BCUT2D eigenvalue weighted by Crippen LogP contribution is 2.15. The van der Waals surface area contributed by atoms with Crippen LogP contribution in [-0.2, 0) is 0 Å². The summed E-state index contributed by atoms with van der Waals surface area (Å²) in [6, 6.07) is 0.389. The fourth-order valence-corrected chi connectivity index (χ4v) is 1.41. The number of hydrogen-bond acceptors (Lipinski definition) is 1. The lowest BCUT2D eigenvalue weighted by Gasteiger charge is -2.18. The van der Waals surface area contributed by atoms with Crippen LogP contribution >= 0.6 is 0 Å². The van der Waals surface area contributed by atoms with Crippen molar-refractivity contribution in [1.29, 1.82) is 0 Å². The van der Waals surface area contributed by atoms with Crippen molar-refractivity contribution in [3.8, 4) is 0 Å². The van der Waals surface area contributed by atoms with Gasteiger partial charge in [-0.3, -0.25) is 0 Å². The molecule has 0 saturated heterocycles. The second-order valence-corrected chi connectivity index (χ2v) is 3.20. The smallest absolute Gasteiger partial charge is 0.00387 e. The van der Waals surface area contributed by atoms with Crippen LogP contribution in [0.2, 0.25) is 0 Å². The Labute approximate surface area is 65.0 Å². The molecule has 62 valence electrons. The largest absolute Gasteiger partial charge is 0.328 e. The fraction of sp³-hybridized carbons (Fsp3) is 1.00. The summed E-state index contributed by atoms with van der Waals surface area (Å²) in [5, 5.41) is 0. The molecular formula is C9H21N. The summed E-state index contributed by atoms with van der Waals surface area (Å²) in [6.45, 7) is 6.58. The Balaban J connectivity index is 3.50.